The molecule has 2 nitrogen and oxygen atoms in total. The number of nitrogens with two attached hydrogens (primary N) is 1. The van der Waals surface area contributed by atoms with Crippen molar-refractivity contribution in [3.8, 4) is 0 Å². The van der Waals surface area contributed by atoms with Crippen molar-refractivity contribution in [2.75, 3.05) is 0 Å². The fourth-order valence-electron chi connectivity index (χ4n) is 1.91. The molecule has 0 radical (unpaired) electrons. The van der Waals surface area contributed by atoms with Gasteiger partial charge in [0.25, 0.3) is 0 Å². The van der Waals surface area contributed by atoms with E-state index in [1.54, 1.807) is 0 Å². The number of hydrogen-bond donors (Lipinski definition) is 2. The molecule has 74 valence electrons. The van der Waals surface area contributed by atoms with Crippen LogP contribution in [0.3, 0.4) is 0 Å². The Kier molecular flexibility index (Phi) is 2.37. The van der Waals surface area contributed by atoms with Crippen molar-refractivity contribution in [1.29, 1.82) is 0 Å². The Hall–Kier alpha value is -0.800. The van der Waals surface area contributed by atoms with Crippen molar-refractivity contribution in [1.82, 2.24) is 4.98 Å². The Balaban J connectivity index is 2.79. The number of benzene rings is 1. The zero-order valence-electron chi connectivity index (χ0n) is 8.26. The lowest BCUT2D eigenvalue weighted by Crippen LogP contribution is -2.05. The minimum atomic E-state index is 0.0676. The van der Waals surface area contributed by atoms with Gasteiger partial charge in [-0.3, -0.25) is 0 Å². The molecule has 0 aliphatic heterocycles. The van der Waals surface area contributed by atoms with E-state index in [-0.39, 0.29) is 6.04 Å². The molecule has 0 aliphatic carbocycles. The van der Waals surface area contributed by atoms with Crippen LogP contribution in [0.2, 0.25) is 0 Å². The second-order valence-corrected chi connectivity index (χ2v) is 4.56. The molecule has 1 aromatic heterocycles. The number of nitrogens with one attached hydrogen (secondary N) is 1. The first-order chi connectivity index (χ1) is 6.59. The smallest absolute Gasteiger partial charge is 0.0460 e. The van der Waals surface area contributed by atoms with Crippen LogP contribution in [0.15, 0.2) is 22.7 Å². The molecule has 14 heavy (non-hydrogen) atoms. The standard InChI is InChI=1S/C11H13BrN2/c1-6(13)11-7(2)14-10-4-3-8(12)5-9(10)11/h3-6,14H,13H2,1-2H3. The van der Waals surface area contributed by atoms with Gasteiger partial charge >= 0.3 is 0 Å². The van der Waals surface area contributed by atoms with Crippen molar-refractivity contribution >= 4 is 26.8 Å². The first-order valence-corrected chi connectivity index (χ1v) is 5.42. The molecular formula is C11H13BrN2. The normalized spacial score (nSPS) is 13.4. The largest absolute Gasteiger partial charge is 0.358 e. The Morgan fingerprint density at radius 2 is 2.14 bits per heavy atom. The van der Waals surface area contributed by atoms with Gasteiger partial charge < -0.3 is 10.7 Å². The molecule has 0 amide bonds. The zero-order valence-corrected chi connectivity index (χ0v) is 9.85. The number of H-pyrrole nitrogens is 1. The number of rotatable bonds is 1. The summed E-state index contributed by atoms with van der Waals surface area (Å²) in [4.78, 5) is 3.33. The predicted molar refractivity (Wildman–Crippen MR) is 63.3 cm³/mol. The van der Waals surface area contributed by atoms with Gasteiger partial charge in [0.1, 0.15) is 0 Å². The third-order valence-corrected chi connectivity index (χ3v) is 2.95. The SMILES string of the molecule is Cc1[nH]c2ccc(Br)cc2c1C(C)N. The van der Waals surface area contributed by atoms with E-state index < -0.39 is 0 Å². The quantitative estimate of drug-likeness (QED) is 0.804. The maximum Gasteiger partial charge on any atom is 0.0460 e. The molecule has 0 bridgehead atoms. The summed E-state index contributed by atoms with van der Waals surface area (Å²) in [6.45, 7) is 4.07. The number of aromatic amines is 1. The van der Waals surface area contributed by atoms with Gasteiger partial charge in [0, 0.05) is 27.1 Å². The van der Waals surface area contributed by atoms with E-state index in [9.17, 15) is 0 Å². The molecular weight excluding hydrogens is 240 g/mol. The summed E-state index contributed by atoms with van der Waals surface area (Å²) < 4.78 is 1.09. The summed E-state index contributed by atoms with van der Waals surface area (Å²) in [6.07, 6.45) is 0. The van der Waals surface area contributed by atoms with Gasteiger partial charge in [-0.15, -0.1) is 0 Å². The van der Waals surface area contributed by atoms with E-state index in [1.807, 2.05) is 13.0 Å². The number of aromatic nitrogens is 1. The summed E-state index contributed by atoms with van der Waals surface area (Å²) in [6, 6.07) is 6.28. The Labute approximate surface area is 91.6 Å². The topological polar surface area (TPSA) is 41.8 Å². The molecule has 1 aromatic carbocycles. The summed E-state index contributed by atoms with van der Waals surface area (Å²) >= 11 is 3.47. The van der Waals surface area contributed by atoms with Gasteiger partial charge in [-0.05, 0) is 37.6 Å². The van der Waals surface area contributed by atoms with E-state index in [0.29, 0.717) is 0 Å². The molecule has 3 N–H and O–H groups in total. The molecule has 3 heteroatoms. The van der Waals surface area contributed by atoms with Crippen LogP contribution in [-0.4, -0.2) is 4.98 Å². The van der Waals surface area contributed by atoms with Crippen LogP contribution in [0.25, 0.3) is 10.9 Å². The first kappa shape index (κ1) is 9.74. The Bertz CT molecular complexity index is 471. The van der Waals surface area contributed by atoms with Crippen LogP contribution < -0.4 is 5.73 Å². The van der Waals surface area contributed by atoms with Crippen molar-refractivity contribution in [2.45, 2.75) is 19.9 Å². The maximum atomic E-state index is 5.94. The molecule has 0 saturated carbocycles. The monoisotopic (exact) mass is 252 g/mol. The zero-order chi connectivity index (χ0) is 10.3. The van der Waals surface area contributed by atoms with E-state index in [4.69, 9.17) is 5.73 Å². The molecule has 2 aromatic rings. The van der Waals surface area contributed by atoms with Crippen LogP contribution in [0.1, 0.15) is 24.2 Å². The second kappa shape index (κ2) is 3.41. The molecule has 1 unspecified atom stereocenters. The highest BCUT2D eigenvalue weighted by Gasteiger charge is 2.11. The number of fused-ring (bicyclic) bond motifs is 1. The predicted octanol–water partition coefficient (Wildman–Crippen LogP) is 3.26. The molecule has 0 fully saturated rings. The molecule has 0 spiro atoms. The van der Waals surface area contributed by atoms with Crippen molar-refractivity contribution in [2.24, 2.45) is 5.73 Å². The third-order valence-electron chi connectivity index (χ3n) is 2.45. The first-order valence-electron chi connectivity index (χ1n) is 4.63. The maximum absolute atomic E-state index is 5.94. The van der Waals surface area contributed by atoms with Gasteiger partial charge in [-0.1, -0.05) is 15.9 Å². The Morgan fingerprint density at radius 1 is 1.43 bits per heavy atom. The molecule has 1 atom stereocenters. The lowest BCUT2D eigenvalue weighted by atomic mass is 10.1. The average Bonchev–Trinajstić information content (AvgIpc) is 2.40. The number of hydrogen-bond acceptors (Lipinski definition) is 1. The van der Waals surface area contributed by atoms with Crippen LogP contribution in [0, 0.1) is 6.92 Å². The van der Waals surface area contributed by atoms with Gasteiger partial charge in [0.05, 0.1) is 0 Å². The summed E-state index contributed by atoms with van der Waals surface area (Å²) in [5.74, 6) is 0. The van der Waals surface area contributed by atoms with Crippen molar-refractivity contribution < 1.29 is 0 Å². The molecule has 0 aliphatic rings. The lowest BCUT2D eigenvalue weighted by Gasteiger charge is -2.04. The number of halogens is 1. The van der Waals surface area contributed by atoms with E-state index in [1.165, 1.54) is 10.9 Å². The number of aryl methyl sites for hydroxylation is 1. The van der Waals surface area contributed by atoms with E-state index in [0.717, 1.165) is 15.7 Å². The molecule has 2 rings (SSSR count). The van der Waals surface area contributed by atoms with Crippen LogP contribution in [0.4, 0.5) is 0 Å². The van der Waals surface area contributed by atoms with Gasteiger partial charge in [0.15, 0.2) is 0 Å². The Morgan fingerprint density at radius 3 is 2.79 bits per heavy atom. The second-order valence-electron chi connectivity index (χ2n) is 3.64. The highest BCUT2D eigenvalue weighted by Crippen LogP contribution is 2.28. The lowest BCUT2D eigenvalue weighted by molar-refractivity contribution is 0.816. The van der Waals surface area contributed by atoms with E-state index >= 15 is 0 Å². The summed E-state index contributed by atoms with van der Waals surface area (Å²) in [5.41, 5.74) is 9.46. The molecule has 0 saturated heterocycles. The minimum absolute atomic E-state index is 0.0676. The highest BCUT2D eigenvalue weighted by atomic mass is 79.9. The van der Waals surface area contributed by atoms with Crippen molar-refractivity contribution in [3.05, 3.63) is 33.9 Å². The fourth-order valence-corrected chi connectivity index (χ4v) is 2.27. The molecule has 1 heterocycles. The van der Waals surface area contributed by atoms with E-state index in [2.05, 4.69) is 40.0 Å². The van der Waals surface area contributed by atoms with Crippen LogP contribution >= 0.6 is 15.9 Å². The van der Waals surface area contributed by atoms with Gasteiger partial charge in [-0.25, -0.2) is 0 Å². The van der Waals surface area contributed by atoms with Gasteiger partial charge in [-0.2, -0.15) is 0 Å². The van der Waals surface area contributed by atoms with Crippen molar-refractivity contribution in [3.63, 3.8) is 0 Å². The highest BCUT2D eigenvalue weighted by molar-refractivity contribution is 9.10. The van der Waals surface area contributed by atoms with Gasteiger partial charge in [0.2, 0.25) is 0 Å². The fraction of sp³-hybridized carbons (Fsp3) is 0.273. The summed E-state index contributed by atoms with van der Waals surface area (Å²) in [5, 5.41) is 1.21. The third kappa shape index (κ3) is 1.47. The van der Waals surface area contributed by atoms with Crippen LogP contribution in [-0.2, 0) is 0 Å². The average molecular weight is 253 g/mol. The van der Waals surface area contributed by atoms with Crippen LogP contribution in [0.5, 0.6) is 0 Å². The summed E-state index contributed by atoms with van der Waals surface area (Å²) in [7, 11) is 0. The minimum Gasteiger partial charge on any atom is -0.358 e.